The quantitative estimate of drug-likeness (QED) is 0.485. The van der Waals surface area contributed by atoms with Crippen LogP contribution in [0.1, 0.15) is 45.2 Å². The molecule has 1 fully saturated rings. The number of hydrogen-bond donors (Lipinski definition) is 2. The van der Waals surface area contributed by atoms with Crippen molar-refractivity contribution in [2.24, 2.45) is 10.9 Å². The van der Waals surface area contributed by atoms with Gasteiger partial charge in [0.25, 0.3) is 0 Å². The van der Waals surface area contributed by atoms with Crippen molar-refractivity contribution in [3.05, 3.63) is 23.8 Å². The van der Waals surface area contributed by atoms with Crippen LogP contribution in [0.3, 0.4) is 0 Å². The molecule has 0 saturated heterocycles. The molecule has 2 atom stereocenters. The molecule has 152 valence electrons. The number of benzene rings is 1. The van der Waals surface area contributed by atoms with Crippen LogP contribution in [-0.4, -0.2) is 57.8 Å². The Balaban J connectivity index is 1.99. The van der Waals surface area contributed by atoms with E-state index < -0.39 is 0 Å². The van der Waals surface area contributed by atoms with Crippen LogP contribution in [0.4, 0.5) is 0 Å². The van der Waals surface area contributed by atoms with Crippen molar-refractivity contribution < 1.29 is 9.47 Å². The van der Waals surface area contributed by atoms with E-state index in [-0.39, 0.29) is 6.04 Å². The van der Waals surface area contributed by atoms with Crippen molar-refractivity contribution in [2.75, 3.05) is 40.9 Å². The van der Waals surface area contributed by atoms with Crippen LogP contribution >= 0.6 is 0 Å². The topological polar surface area (TPSA) is 58.1 Å². The van der Waals surface area contributed by atoms with E-state index in [1.165, 1.54) is 12.8 Å². The highest BCUT2D eigenvalue weighted by atomic mass is 16.5. The molecular weight excluding hydrogens is 340 g/mol. The molecule has 27 heavy (non-hydrogen) atoms. The van der Waals surface area contributed by atoms with Gasteiger partial charge in [0.1, 0.15) is 0 Å². The van der Waals surface area contributed by atoms with Gasteiger partial charge >= 0.3 is 0 Å². The third-order valence-corrected chi connectivity index (χ3v) is 4.95. The van der Waals surface area contributed by atoms with Gasteiger partial charge in [-0.15, -0.1) is 0 Å². The van der Waals surface area contributed by atoms with E-state index in [0.29, 0.717) is 19.3 Å². The van der Waals surface area contributed by atoms with E-state index in [1.54, 1.807) is 0 Å². The summed E-state index contributed by atoms with van der Waals surface area (Å²) in [6.45, 7) is 8.22. The zero-order valence-electron chi connectivity index (χ0n) is 17.7. The van der Waals surface area contributed by atoms with Crippen LogP contribution in [0.15, 0.2) is 23.2 Å². The van der Waals surface area contributed by atoms with E-state index in [4.69, 9.17) is 9.47 Å². The molecule has 6 nitrogen and oxygen atoms in total. The van der Waals surface area contributed by atoms with Crippen molar-refractivity contribution >= 4 is 5.96 Å². The lowest BCUT2D eigenvalue weighted by Crippen LogP contribution is -2.46. The molecule has 1 aliphatic rings. The zero-order valence-corrected chi connectivity index (χ0v) is 17.7. The largest absolute Gasteiger partial charge is 0.490 e. The van der Waals surface area contributed by atoms with Gasteiger partial charge in [0.2, 0.25) is 0 Å². The van der Waals surface area contributed by atoms with Crippen LogP contribution in [-0.2, 0) is 0 Å². The van der Waals surface area contributed by atoms with Crippen LogP contribution in [0.25, 0.3) is 0 Å². The Bertz CT molecular complexity index is 612. The van der Waals surface area contributed by atoms with Gasteiger partial charge in [-0.3, -0.25) is 4.99 Å². The summed E-state index contributed by atoms with van der Waals surface area (Å²) in [5.41, 5.74) is 1.14. The molecule has 2 rings (SSSR count). The Morgan fingerprint density at radius 2 is 1.85 bits per heavy atom. The molecule has 6 heteroatoms. The maximum absolute atomic E-state index is 5.75. The molecule has 0 bridgehead atoms. The van der Waals surface area contributed by atoms with Gasteiger partial charge in [0.05, 0.1) is 19.3 Å². The van der Waals surface area contributed by atoms with E-state index in [1.807, 2.05) is 33.0 Å². The van der Waals surface area contributed by atoms with Gasteiger partial charge in [-0.05, 0) is 71.3 Å². The average molecular weight is 377 g/mol. The van der Waals surface area contributed by atoms with Crippen molar-refractivity contribution in [3.8, 4) is 11.5 Å². The van der Waals surface area contributed by atoms with Crippen LogP contribution in [0.2, 0.25) is 0 Å². The Morgan fingerprint density at radius 1 is 1.19 bits per heavy atom. The number of guanidine groups is 1. The molecule has 2 N–H and O–H groups in total. The van der Waals surface area contributed by atoms with Gasteiger partial charge in [-0.1, -0.05) is 6.07 Å². The molecule has 0 spiro atoms. The van der Waals surface area contributed by atoms with Crippen molar-refractivity contribution in [3.63, 3.8) is 0 Å². The molecule has 0 amide bonds. The summed E-state index contributed by atoms with van der Waals surface area (Å²) in [6, 6.07) is 6.75. The van der Waals surface area contributed by atoms with Crippen molar-refractivity contribution in [1.82, 2.24) is 15.5 Å². The minimum Gasteiger partial charge on any atom is -0.490 e. The highest BCUT2D eigenvalue weighted by molar-refractivity contribution is 5.80. The fourth-order valence-corrected chi connectivity index (χ4v) is 3.27. The molecule has 1 aromatic rings. The first-order chi connectivity index (χ1) is 13.0. The third kappa shape index (κ3) is 6.31. The maximum Gasteiger partial charge on any atom is 0.191 e. The van der Waals surface area contributed by atoms with E-state index in [9.17, 15) is 0 Å². The van der Waals surface area contributed by atoms with Gasteiger partial charge in [0, 0.05) is 19.6 Å². The number of aliphatic imine (C=N–C) groups is 1. The van der Waals surface area contributed by atoms with Gasteiger partial charge in [-0.2, -0.15) is 0 Å². The lowest BCUT2D eigenvalue weighted by Gasteiger charge is -2.26. The lowest BCUT2D eigenvalue weighted by molar-refractivity contribution is 0.264. The summed E-state index contributed by atoms with van der Waals surface area (Å²) in [5.74, 6) is 3.20. The standard InChI is InChI=1S/C21H36N4O2/c1-7-26-19-12-11-17(13-20(19)27-8-2)15(3)24-21(22-4)23-14-18(25(5)6)16-9-10-16/h11-13,15-16,18H,7-10,14H2,1-6H3,(H2,22,23,24). The number of nitrogens with zero attached hydrogens (tertiary/aromatic N) is 2. The Labute approximate surface area is 164 Å². The van der Waals surface area contributed by atoms with Gasteiger partial charge in [-0.25, -0.2) is 0 Å². The van der Waals surface area contributed by atoms with Crippen molar-refractivity contribution in [1.29, 1.82) is 0 Å². The fourth-order valence-electron chi connectivity index (χ4n) is 3.27. The summed E-state index contributed by atoms with van der Waals surface area (Å²) in [7, 11) is 6.12. The smallest absolute Gasteiger partial charge is 0.191 e. The highest BCUT2D eigenvalue weighted by Crippen LogP contribution is 2.34. The van der Waals surface area contributed by atoms with E-state index >= 15 is 0 Å². The number of likely N-dealkylation sites (N-methyl/N-ethyl adjacent to an activating group) is 1. The van der Waals surface area contributed by atoms with Crippen LogP contribution in [0.5, 0.6) is 11.5 Å². The van der Waals surface area contributed by atoms with E-state index in [2.05, 4.69) is 47.6 Å². The monoisotopic (exact) mass is 376 g/mol. The third-order valence-electron chi connectivity index (χ3n) is 4.95. The van der Waals surface area contributed by atoms with Crippen LogP contribution in [0, 0.1) is 5.92 Å². The molecule has 0 aromatic heterocycles. The second-order valence-corrected chi connectivity index (χ2v) is 7.26. The predicted molar refractivity (Wildman–Crippen MR) is 112 cm³/mol. The fraction of sp³-hybridized carbons (Fsp3) is 0.667. The molecule has 0 radical (unpaired) electrons. The normalized spacial score (nSPS) is 16.8. The highest BCUT2D eigenvalue weighted by Gasteiger charge is 2.32. The second kappa shape index (κ2) is 10.4. The minimum absolute atomic E-state index is 0.102. The Morgan fingerprint density at radius 3 is 2.41 bits per heavy atom. The molecule has 1 aliphatic carbocycles. The Kier molecular flexibility index (Phi) is 8.23. The first-order valence-electron chi connectivity index (χ1n) is 10.0. The number of rotatable bonds is 10. The summed E-state index contributed by atoms with van der Waals surface area (Å²) >= 11 is 0. The van der Waals surface area contributed by atoms with Crippen molar-refractivity contribution in [2.45, 2.75) is 45.7 Å². The maximum atomic E-state index is 5.75. The first kappa shape index (κ1) is 21.4. The second-order valence-electron chi connectivity index (χ2n) is 7.26. The summed E-state index contributed by atoms with van der Waals surface area (Å²) in [5, 5.41) is 6.97. The first-order valence-corrected chi connectivity index (χ1v) is 10.0. The molecule has 1 aromatic carbocycles. The summed E-state index contributed by atoms with van der Waals surface area (Å²) in [4.78, 5) is 6.70. The lowest BCUT2D eigenvalue weighted by atomic mass is 10.1. The molecule has 0 aliphatic heterocycles. The summed E-state index contributed by atoms with van der Waals surface area (Å²) in [6.07, 6.45) is 2.67. The molecule has 2 unspecified atom stereocenters. The predicted octanol–water partition coefficient (Wildman–Crippen LogP) is 3.05. The summed E-state index contributed by atoms with van der Waals surface area (Å²) < 4.78 is 11.4. The average Bonchev–Trinajstić information content (AvgIpc) is 3.47. The molecule has 0 heterocycles. The molecular formula is C21H36N4O2. The molecule has 1 saturated carbocycles. The minimum atomic E-state index is 0.102. The van der Waals surface area contributed by atoms with Gasteiger partial charge in [0.15, 0.2) is 17.5 Å². The number of ether oxygens (including phenoxy) is 2. The SMILES string of the molecule is CCOc1ccc(C(C)NC(=NC)NCC(C2CC2)N(C)C)cc1OCC. The Hall–Kier alpha value is -1.95. The van der Waals surface area contributed by atoms with Gasteiger partial charge < -0.3 is 25.0 Å². The van der Waals surface area contributed by atoms with Crippen LogP contribution < -0.4 is 20.1 Å². The van der Waals surface area contributed by atoms with E-state index in [0.717, 1.165) is 35.5 Å². The number of hydrogen-bond acceptors (Lipinski definition) is 4. The zero-order chi connectivity index (χ0) is 19.8. The number of nitrogens with one attached hydrogen (secondary N) is 2.